The molecule has 3 aromatic carbocycles. The molecule has 0 aliphatic heterocycles. The zero-order valence-electron chi connectivity index (χ0n) is 17.8. The zero-order chi connectivity index (χ0) is 23.3. The van der Waals surface area contributed by atoms with Crippen molar-refractivity contribution >= 4 is 0 Å². The molecule has 0 saturated heterocycles. The number of hydrogen-bond donors (Lipinski definition) is 1. The number of phenolic OH excluding ortho intramolecular Hbond substituents is 1. The summed E-state index contributed by atoms with van der Waals surface area (Å²) in [5.74, 6) is -2.22. The number of hydrogen-bond acceptors (Lipinski definition) is 1. The average molecular weight is 448 g/mol. The summed E-state index contributed by atoms with van der Waals surface area (Å²) in [5, 5.41) is 10.2. The number of halogens is 5. The molecule has 0 unspecified atom stereocenters. The van der Waals surface area contributed by atoms with Crippen molar-refractivity contribution in [3.63, 3.8) is 0 Å². The van der Waals surface area contributed by atoms with Crippen LogP contribution in [0.1, 0.15) is 48.4 Å². The summed E-state index contributed by atoms with van der Waals surface area (Å²) >= 11 is 0. The highest BCUT2D eigenvalue weighted by atomic mass is 19.4. The van der Waals surface area contributed by atoms with Crippen LogP contribution in [0.5, 0.6) is 5.75 Å². The molecule has 0 aromatic heterocycles. The largest absolute Gasteiger partial charge is 0.507 e. The molecule has 0 aliphatic carbocycles. The molecule has 0 bridgehead atoms. The van der Waals surface area contributed by atoms with Gasteiger partial charge in [-0.2, -0.15) is 13.2 Å². The van der Waals surface area contributed by atoms with Gasteiger partial charge in [0.15, 0.2) is 0 Å². The Bertz CT molecular complexity index is 1040. The van der Waals surface area contributed by atoms with Crippen molar-refractivity contribution in [3.05, 3.63) is 88.5 Å². The number of rotatable bonds is 8. The lowest BCUT2D eigenvalue weighted by atomic mass is 9.95. The van der Waals surface area contributed by atoms with Gasteiger partial charge in [-0.15, -0.1) is 0 Å². The SMILES string of the molecule is CCCCCc1ccc(-c2c(O)cc(F)c(CCc3ccc(C(F)(F)F)cc3)c2F)cc1. The first-order chi connectivity index (χ1) is 15.2. The van der Waals surface area contributed by atoms with Gasteiger partial charge in [-0.3, -0.25) is 0 Å². The summed E-state index contributed by atoms with van der Waals surface area (Å²) in [7, 11) is 0. The van der Waals surface area contributed by atoms with Crippen LogP contribution in [-0.4, -0.2) is 5.11 Å². The van der Waals surface area contributed by atoms with Crippen LogP contribution in [0.2, 0.25) is 0 Å². The average Bonchev–Trinajstić information content (AvgIpc) is 2.74. The third-order valence-electron chi connectivity index (χ3n) is 5.55. The van der Waals surface area contributed by atoms with E-state index in [-0.39, 0.29) is 24.0 Å². The first-order valence-corrected chi connectivity index (χ1v) is 10.7. The number of unbranched alkanes of at least 4 members (excludes halogenated alkanes) is 2. The van der Waals surface area contributed by atoms with E-state index < -0.39 is 29.1 Å². The van der Waals surface area contributed by atoms with Crippen molar-refractivity contribution in [2.75, 3.05) is 0 Å². The third kappa shape index (κ3) is 5.67. The summed E-state index contributed by atoms with van der Waals surface area (Å²) < 4.78 is 67.7. The van der Waals surface area contributed by atoms with Gasteiger partial charge in [-0.25, -0.2) is 8.78 Å². The van der Waals surface area contributed by atoms with Crippen molar-refractivity contribution in [1.82, 2.24) is 0 Å². The lowest BCUT2D eigenvalue weighted by Gasteiger charge is -2.13. The molecule has 0 spiro atoms. The van der Waals surface area contributed by atoms with E-state index in [4.69, 9.17) is 0 Å². The second kappa shape index (κ2) is 10.2. The summed E-state index contributed by atoms with van der Waals surface area (Å²) in [6, 6.07) is 12.5. The predicted octanol–water partition coefficient (Wildman–Crippen LogP) is 7.87. The molecule has 0 heterocycles. The van der Waals surface area contributed by atoms with E-state index >= 15 is 4.39 Å². The molecule has 32 heavy (non-hydrogen) atoms. The summed E-state index contributed by atoms with van der Waals surface area (Å²) in [6.45, 7) is 2.12. The standard InChI is InChI=1S/C26H25F5O/c1-2-3-4-5-17-6-11-19(12-7-17)24-23(32)16-22(27)21(25(24)28)15-10-18-8-13-20(14-9-18)26(29,30)31/h6-9,11-14,16,32H,2-5,10,15H2,1H3. The van der Waals surface area contributed by atoms with E-state index in [9.17, 15) is 22.7 Å². The molecule has 0 atom stereocenters. The summed E-state index contributed by atoms with van der Waals surface area (Å²) in [6.07, 6.45) is -0.129. The van der Waals surface area contributed by atoms with E-state index in [1.54, 1.807) is 12.1 Å². The Kier molecular flexibility index (Phi) is 7.54. The number of phenols is 1. The van der Waals surface area contributed by atoms with Crippen molar-refractivity contribution in [1.29, 1.82) is 0 Å². The fraction of sp³-hybridized carbons (Fsp3) is 0.308. The Balaban J connectivity index is 1.80. The molecular weight excluding hydrogens is 423 g/mol. The quantitative estimate of drug-likeness (QED) is 0.275. The van der Waals surface area contributed by atoms with Gasteiger partial charge in [0.25, 0.3) is 0 Å². The van der Waals surface area contributed by atoms with Crippen LogP contribution in [0.25, 0.3) is 11.1 Å². The fourth-order valence-electron chi connectivity index (χ4n) is 3.70. The lowest BCUT2D eigenvalue weighted by Crippen LogP contribution is -2.05. The minimum atomic E-state index is -4.44. The maximum absolute atomic E-state index is 15.2. The maximum Gasteiger partial charge on any atom is 0.416 e. The normalized spacial score (nSPS) is 11.7. The molecule has 6 heteroatoms. The zero-order valence-corrected chi connectivity index (χ0v) is 17.8. The molecule has 1 N–H and O–H groups in total. The number of benzene rings is 3. The van der Waals surface area contributed by atoms with Crippen LogP contribution in [0, 0.1) is 11.6 Å². The molecule has 0 radical (unpaired) electrons. The van der Waals surface area contributed by atoms with Crippen LogP contribution in [0.4, 0.5) is 22.0 Å². The molecule has 0 amide bonds. The van der Waals surface area contributed by atoms with Crippen LogP contribution in [0.3, 0.4) is 0 Å². The summed E-state index contributed by atoms with van der Waals surface area (Å²) in [4.78, 5) is 0. The Hall–Kier alpha value is -2.89. The molecule has 170 valence electrons. The number of aryl methyl sites for hydroxylation is 2. The van der Waals surface area contributed by atoms with Gasteiger partial charge < -0.3 is 5.11 Å². The highest BCUT2D eigenvalue weighted by Gasteiger charge is 2.30. The maximum atomic E-state index is 15.2. The van der Waals surface area contributed by atoms with E-state index in [2.05, 4.69) is 6.92 Å². The van der Waals surface area contributed by atoms with Crippen LogP contribution < -0.4 is 0 Å². The van der Waals surface area contributed by atoms with Gasteiger partial charge in [0.05, 0.1) is 11.1 Å². The molecular formula is C26H25F5O. The Labute approximate surface area is 184 Å². The van der Waals surface area contributed by atoms with Gasteiger partial charge in [-0.1, -0.05) is 56.2 Å². The molecule has 1 nitrogen and oxygen atoms in total. The molecule has 3 aromatic rings. The smallest absolute Gasteiger partial charge is 0.416 e. The van der Waals surface area contributed by atoms with Crippen molar-refractivity contribution in [2.24, 2.45) is 0 Å². The second-order valence-electron chi connectivity index (χ2n) is 7.89. The second-order valence-corrected chi connectivity index (χ2v) is 7.89. The highest BCUT2D eigenvalue weighted by molar-refractivity contribution is 5.72. The van der Waals surface area contributed by atoms with Crippen LogP contribution in [0.15, 0.2) is 54.6 Å². The Morgan fingerprint density at radius 2 is 1.38 bits per heavy atom. The van der Waals surface area contributed by atoms with Gasteiger partial charge in [0, 0.05) is 11.6 Å². The number of alkyl halides is 3. The van der Waals surface area contributed by atoms with E-state index in [0.29, 0.717) is 11.1 Å². The van der Waals surface area contributed by atoms with Gasteiger partial charge in [0.2, 0.25) is 0 Å². The van der Waals surface area contributed by atoms with E-state index in [0.717, 1.165) is 49.4 Å². The van der Waals surface area contributed by atoms with Crippen LogP contribution >= 0.6 is 0 Å². The summed E-state index contributed by atoms with van der Waals surface area (Å²) in [5.41, 5.74) is 1.02. The van der Waals surface area contributed by atoms with Gasteiger partial charge in [-0.05, 0) is 54.5 Å². The third-order valence-corrected chi connectivity index (χ3v) is 5.55. The molecule has 3 rings (SSSR count). The molecule has 0 saturated carbocycles. The minimum absolute atomic E-state index is 0.0502. The fourth-order valence-corrected chi connectivity index (χ4v) is 3.70. The highest BCUT2D eigenvalue weighted by Crippen LogP contribution is 2.36. The van der Waals surface area contributed by atoms with Crippen molar-refractivity contribution in [3.8, 4) is 16.9 Å². The van der Waals surface area contributed by atoms with Crippen molar-refractivity contribution < 1.29 is 27.1 Å². The topological polar surface area (TPSA) is 20.2 Å². The van der Waals surface area contributed by atoms with Crippen LogP contribution in [-0.2, 0) is 25.4 Å². The van der Waals surface area contributed by atoms with Gasteiger partial charge >= 0.3 is 6.18 Å². The minimum Gasteiger partial charge on any atom is -0.507 e. The van der Waals surface area contributed by atoms with E-state index in [1.165, 1.54) is 12.1 Å². The molecule has 0 aliphatic rings. The lowest BCUT2D eigenvalue weighted by molar-refractivity contribution is -0.137. The van der Waals surface area contributed by atoms with Gasteiger partial charge in [0.1, 0.15) is 17.4 Å². The predicted molar refractivity (Wildman–Crippen MR) is 116 cm³/mol. The molecule has 0 fully saturated rings. The number of aromatic hydroxyl groups is 1. The Morgan fingerprint density at radius 1 is 0.781 bits per heavy atom. The van der Waals surface area contributed by atoms with E-state index in [1.807, 2.05) is 12.1 Å². The first kappa shape index (κ1) is 23.8. The van der Waals surface area contributed by atoms with Crippen molar-refractivity contribution in [2.45, 2.75) is 51.6 Å². The monoisotopic (exact) mass is 448 g/mol. The first-order valence-electron chi connectivity index (χ1n) is 10.7. The Morgan fingerprint density at radius 3 is 1.97 bits per heavy atom.